The van der Waals surface area contributed by atoms with E-state index < -0.39 is 0 Å². The van der Waals surface area contributed by atoms with Crippen LogP contribution in [0, 0.1) is 0 Å². The highest BCUT2D eigenvalue weighted by Gasteiger charge is 2.10. The summed E-state index contributed by atoms with van der Waals surface area (Å²) in [5.41, 5.74) is 4.11. The molecule has 0 saturated carbocycles. The maximum Gasteiger partial charge on any atom is 0.0544 e. The second-order valence-corrected chi connectivity index (χ2v) is 5.85. The molecule has 122 valence electrons. The molecule has 0 saturated heterocycles. The second kappa shape index (κ2) is 8.52. The van der Waals surface area contributed by atoms with Gasteiger partial charge in [-0.2, -0.15) is 0 Å². The highest BCUT2D eigenvalue weighted by molar-refractivity contribution is 6.17. The van der Waals surface area contributed by atoms with Crippen molar-refractivity contribution in [1.29, 1.82) is 0 Å². The van der Waals surface area contributed by atoms with Gasteiger partial charge in [0.05, 0.1) is 17.1 Å². The predicted octanol–water partition coefficient (Wildman–Crippen LogP) is 3.81. The van der Waals surface area contributed by atoms with E-state index in [4.69, 9.17) is 11.6 Å². The highest BCUT2D eigenvalue weighted by atomic mass is 35.5. The number of nitrogens with zero attached hydrogens (tertiary/aromatic N) is 4. The van der Waals surface area contributed by atoms with E-state index in [1.54, 1.807) is 0 Å². The number of aromatic nitrogens is 3. The molecule has 3 aromatic heterocycles. The minimum atomic E-state index is 0.485. The summed E-state index contributed by atoms with van der Waals surface area (Å²) in [6.07, 6.45) is 5.48. The van der Waals surface area contributed by atoms with Crippen molar-refractivity contribution < 1.29 is 0 Å². The topological polar surface area (TPSA) is 41.9 Å². The molecule has 0 fully saturated rings. The van der Waals surface area contributed by atoms with E-state index in [1.807, 2.05) is 67.1 Å². The zero-order chi connectivity index (χ0) is 16.6. The van der Waals surface area contributed by atoms with Crippen molar-refractivity contribution in [1.82, 2.24) is 19.9 Å². The van der Waals surface area contributed by atoms with E-state index >= 15 is 0 Å². The summed E-state index contributed by atoms with van der Waals surface area (Å²) in [4.78, 5) is 15.6. The lowest BCUT2D eigenvalue weighted by Gasteiger charge is -2.21. The van der Waals surface area contributed by atoms with Gasteiger partial charge in [-0.15, -0.1) is 11.6 Å². The monoisotopic (exact) mass is 338 g/mol. The van der Waals surface area contributed by atoms with Crippen molar-refractivity contribution in [3.05, 3.63) is 89.8 Å². The summed E-state index contributed by atoms with van der Waals surface area (Å²) in [5.74, 6) is 0.485. The minimum Gasteiger partial charge on any atom is -0.286 e. The lowest BCUT2D eigenvalue weighted by atomic mass is 10.2. The highest BCUT2D eigenvalue weighted by Crippen LogP contribution is 2.12. The van der Waals surface area contributed by atoms with Crippen LogP contribution in [0.1, 0.15) is 22.6 Å². The molecule has 0 spiro atoms. The molecule has 4 nitrogen and oxygen atoms in total. The third-order valence-electron chi connectivity index (χ3n) is 3.65. The molecular formula is C19H19ClN4. The van der Waals surface area contributed by atoms with Crippen LogP contribution in [-0.2, 0) is 25.5 Å². The normalized spacial score (nSPS) is 10.9. The largest absolute Gasteiger partial charge is 0.286 e. The van der Waals surface area contributed by atoms with Gasteiger partial charge in [-0.1, -0.05) is 18.2 Å². The third kappa shape index (κ3) is 4.85. The van der Waals surface area contributed by atoms with Gasteiger partial charge in [0.2, 0.25) is 0 Å². The van der Waals surface area contributed by atoms with Crippen LogP contribution >= 0.6 is 11.6 Å². The molecule has 3 heterocycles. The number of halogens is 1. The molecule has 0 bridgehead atoms. The van der Waals surface area contributed by atoms with Crippen molar-refractivity contribution in [3.8, 4) is 0 Å². The molecular weight excluding hydrogens is 320 g/mol. The lowest BCUT2D eigenvalue weighted by molar-refractivity contribution is 0.239. The molecule has 0 N–H and O–H groups in total. The predicted molar refractivity (Wildman–Crippen MR) is 95.2 cm³/mol. The van der Waals surface area contributed by atoms with Crippen molar-refractivity contribution in [2.45, 2.75) is 25.5 Å². The van der Waals surface area contributed by atoms with E-state index in [-0.39, 0.29) is 0 Å². The van der Waals surface area contributed by atoms with Crippen LogP contribution in [0.5, 0.6) is 0 Å². The van der Waals surface area contributed by atoms with Crippen LogP contribution in [0.15, 0.2) is 67.1 Å². The van der Waals surface area contributed by atoms with Crippen LogP contribution in [0.25, 0.3) is 0 Å². The molecule has 3 aromatic rings. The smallest absolute Gasteiger partial charge is 0.0544 e. The van der Waals surface area contributed by atoms with Crippen LogP contribution in [0.2, 0.25) is 0 Å². The minimum absolute atomic E-state index is 0.485. The van der Waals surface area contributed by atoms with E-state index in [1.165, 1.54) is 0 Å². The average molecular weight is 339 g/mol. The standard InChI is InChI=1S/C19H19ClN4/c20-11-16-7-8-19(23-12-16)15-24(13-17-5-1-3-9-21-17)14-18-6-2-4-10-22-18/h1-10,12H,11,13-15H2. The first kappa shape index (κ1) is 16.6. The Balaban J connectivity index is 1.75. The van der Waals surface area contributed by atoms with Gasteiger partial charge in [-0.3, -0.25) is 19.9 Å². The fourth-order valence-electron chi connectivity index (χ4n) is 2.47. The van der Waals surface area contributed by atoms with Gasteiger partial charge in [-0.25, -0.2) is 0 Å². The molecule has 0 aliphatic heterocycles. The van der Waals surface area contributed by atoms with Crippen molar-refractivity contribution in [2.24, 2.45) is 0 Å². The Bertz CT molecular complexity index is 691. The van der Waals surface area contributed by atoms with Gasteiger partial charge in [0.25, 0.3) is 0 Å². The molecule has 0 aliphatic carbocycles. The Labute approximate surface area is 147 Å². The number of pyridine rings is 3. The quantitative estimate of drug-likeness (QED) is 0.614. The number of rotatable bonds is 7. The van der Waals surface area contributed by atoms with E-state index in [9.17, 15) is 0 Å². The van der Waals surface area contributed by atoms with Gasteiger partial charge < -0.3 is 0 Å². The molecule has 0 aromatic carbocycles. The zero-order valence-corrected chi connectivity index (χ0v) is 14.1. The van der Waals surface area contributed by atoms with Crippen LogP contribution in [0.4, 0.5) is 0 Å². The first-order chi connectivity index (χ1) is 11.8. The summed E-state index contributed by atoms with van der Waals surface area (Å²) in [7, 11) is 0. The Kier molecular flexibility index (Phi) is 5.88. The van der Waals surface area contributed by atoms with Crippen LogP contribution in [-0.4, -0.2) is 19.9 Å². The Morgan fingerprint density at radius 3 is 1.71 bits per heavy atom. The van der Waals surface area contributed by atoms with Crippen molar-refractivity contribution in [3.63, 3.8) is 0 Å². The molecule has 0 atom stereocenters. The van der Waals surface area contributed by atoms with Gasteiger partial charge in [0.1, 0.15) is 0 Å². The summed E-state index contributed by atoms with van der Waals surface area (Å²) in [6.45, 7) is 2.22. The third-order valence-corrected chi connectivity index (χ3v) is 3.96. The fraction of sp³-hybridized carbons (Fsp3) is 0.211. The van der Waals surface area contributed by atoms with E-state index in [2.05, 4.69) is 19.9 Å². The maximum atomic E-state index is 5.83. The zero-order valence-electron chi connectivity index (χ0n) is 13.3. The van der Waals surface area contributed by atoms with Crippen molar-refractivity contribution >= 4 is 11.6 Å². The van der Waals surface area contributed by atoms with E-state index in [0.29, 0.717) is 5.88 Å². The average Bonchev–Trinajstić information content (AvgIpc) is 2.64. The first-order valence-electron chi connectivity index (χ1n) is 7.85. The van der Waals surface area contributed by atoms with Gasteiger partial charge in [0.15, 0.2) is 0 Å². The van der Waals surface area contributed by atoms with Gasteiger partial charge >= 0.3 is 0 Å². The molecule has 3 rings (SSSR count). The second-order valence-electron chi connectivity index (χ2n) is 5.58. The lowest BCUT2D eigenvalue weighted by Crippen LogP contribution is -2.24. The summed E-state index contributed by atoms with van der Waals surface area (Å²) >= 11 is 5.83. The summed E-state index contributed by atoms with van der Waals surface area (Å²) < 4.78 is 0. The Hall–Kier alpha value is -2.30. The number of hydrogen-bond acceptors (Lipinski definition) is 4. The molecule has 0 unspecified atom stereocenters. The molecule has 0 radical (unpaired) electrons. The number of alkyl halides is 1. The van der Waals surface area contributed by atoms with Crippen molar-refractivity contribution in [2.75, 3.05) is 0 Å². The molecule has 0 amide bonds. The fourth-order valence-corrected chi connectivity index (χ4v) is 2.62. The van der Waals surface area contributed by atoms with Gasteiger partial charge in [-0.05, 0) is 35.9 Å². The van der Waals surface area contributed by atoms with E-state index in [0.717, 1.165) is 42.3 Å². The Morgan fingerprint density at radius 1 is 0.708 bits per heavy atom. The molecule has 5 heteroatoms. The Morgan fingerprint density at radius 2 is 1.29 bits per heavy atom. The molecule has 0 aliphatic rings. The first-order valence-corrected chi connectivity index (χ1v) is 8.39. The number of hydrogen-bond donors (Lipinski definition) is 0. The maximum absolute atomic E-state index is 5.83. The summed E-state index contributed by atoms with van der Waals surface area (Å²) in [6, 6.07) is 16.0. The van der Waals surface area contributed by atoms with Crippen LogP contribution in [0.3, 0.4) is 0 Å². The molecule has 24 heavy (non-hydrogen) atoms. The SMILES string of the molecule is ClCc1ccc(CN(Cc2ccccn2)Cc2ccccn2)nc1. The van der Waals surface area contributed by atoms with Gasteiger partial charge in [0, 0.05) is 44.1 Å². The van der Waals surface area contributed by atoms with Crippen LogP contribution < -0.4 is 0 Å². The summed E-state index contributed by atoms with van der Waals surface area (Å²) in [5, 5.41) is 0.